The summed E-state index contributed by atoms with van der Waals surface area (Å²) in [6.45, 7) is 4.93. The average Bonchev–Trinajstić information content (AvgIpc) is 2.59. The number of piperidine rings is 1. The first-order valence-corrected chi connectivity index (χ1v) is 8.12. The second-order valence-corrected chi connectivity index (χ2v) is 7.36. The number of rotatable bonds is 2. The van der Waals surface area contributed by atoms with Crippen LogP contribution in [0.4, 0.5) is 0 Å². The van der Waals surface area contributed by atoms with Gasteiger partial charge in [-0.3, -0.25) is 4.90 Å². The highest BCUT2D eigenvalue weighted by Gasteiger charge is 2.44. The van der Waals surface area contributed by atoms with Gasteiger partial charge in [-0.15, -0.1) is 0 Å². The molecule has 0 aromatic rings. The Balaban J connectivity index is 1.69. The molecule has 2 aliphatic heterocycles. The number of nitrogens with zero attached hydrogens (tertiary/aromatic N) is 1. The van der Waals surface area contributed by atoms with Gasteiger partial charge in [-0.1, -0.05) is 13.8 Å². The lowest BCUT2D eigenvalue weighted by atomic mass is 9.78. The fourth-order valence-electron chi connectivity index (χ4n) is 5.19. The van der Waals surface area contributed by atoms with E-state index in [1.807, 2.05) is 0 Å². The molecule has 0 aromatic heterocycles. The summed E-state index contributed by atoms with van der Waals surface area (Å²) in [4.78, 5) is 2.96. The molecule has 4 unspecified atom stereocenters. The Morgan fingerprint density at radius 1 is 0.778 bits per heavy atom. The molecule has 3 aliphatic rings. The van der Waals surface area contributed by atoms with Crippen molar-refractivity contribution in [1.82, 2.24) is 10.2 Å². The van der Waals surface area contributed by atoms with Crippen molar-refractivity contribution in [3.8, 4) is 0 Å². The molecule has 1 N–H and O–H groups in total. The third kappa shape index (κ3) is 2.34. The first-order valence-electron chi connectivity index (χ1n) is 8.12. The van der Waals surface area contributed by atoms with Crippen molar-refractivity contribution in [3.05, 3.63) is 0 Å². The summed E-state index contributed by atoms with van der Waals surface area (Å²) in [7, 11) is 2.14. The molecule has 0 aromatic carbocycles. The zero-order valence-electron chi connectivity index (χ0n) is 12.4. The van der Waals surface area contributed by atoms with Crippen molar-refractivity contribution in [3.63, 3.8) is 0 Å². The summed E-state index contributed by atoms with van der Waals surface area (Å²) >= 11 is 0. The lowest BCUT2D eigenvalue weighted by molar-refractivity contribution is 0.0305. The Morgan fingerprint density at radius 2 is 1.33 bits per heavy atom. The summed E-state index contributed by atoms with van der Waals surface area (Å²) in [5, 5.41) is 3.52. The van der Waals surface area contributed by atoms with Gasteiger partial charge in [0.15, 0.2) is 0 Å². The van der Waals surface area contributed by atoms with Crippen molar-refractivity contribution in [2.24, 2.45) is 11.8 Å². The van der Waals surface area contributed by atoms with Crippen LogP contribution in [0.2, 0.25) is 0 Å². The van der Waals surface area contributed by atoms with Gasteiger partial charge < -0.3 is 5.32 Å². The van der Waals surface area contributed by atoms with E-state index >= 15 is 0 Å². The molecule has 0 spiro atoms. The van der Waals surface area contributed by atoms with Crippen LogP contribution >= 0.6 is 0 Å². The molecule has 2 nitrogen and oxygen atoms in total. The second kappa shape index (κ2) is 5.13. The van der Waals surface area contributed by atoms with Crippen molar-refractivity contribution < 1.29 is 0 Å². The van der Waals surface area contributed by atoms with E-state index in [1.165, 1.54) is 44.9 Å². The molecule has 2 saturated heterocycles. The van der Waals surface area contributed by atoms with Gasteiger partial charge in [-0.05, 0) is 63.8 Å². The lowest BCUT2D eigenvalue weighted by Gasteiger charge is -2.47. The highest BCUT2D eigenvalue weighted by atomic mass is 15.3. The molecular formula is C16H30N2. The fourth-order valence-corrected chi connectivity index (χ4v) is 5.19. The first kappa shape index (κ1) is 12.9. The van der Waals surface area contributed by atoms with Crippen LogP contribution in [0.25, 0.3) is 0 Å². The van der Waals surface area contributed by atoms with Gasteiger partial charge in [0.25, 0.3) is 0 Å². The molecule has 1 aliphatic carbocycles. The van der Waals surface area contributed by atoms with Crippen LogP contribution in [0.1, 0.15) is 58.8 Å². The van der Waals surface area contributed by atoms with E-state index in [9.17, 15) is 0 Å². The van der Waals surface area contributed by atoms with Crippen LogP contribution < -0.4 is 5.32 Å². The second-order valence-electron chi connectivity index (χ2n) is 7.36. The molecule has 3 rings (SSSR count). The summed E-state index contributed by atoms with van der Waals surface area (Å²) in [5.41, 5.74) is 0. The number of hydrogen-bond donors (Lipinski definition) is 1. The Kier molecular flexibility index (Phi) is 3.68. The molecule has 104 valence electrons. The minimum absolute atomic E-state index is 0.789. The molecule has 1 saturated carbocycles. The molecule has 2 heterocycles. The van der Waals surface area contributed by atoms with E-state index in [0.29, 0.717) is 0 Å². The van der Waals surface area contributed by atoms with E-state index in [1.54, 1.807) is 0 Å². The van der Waals surface area contributed by atoms with Crippen molar-refractivity contribution in [2.75, 3.05) is 7.05 Å². The number of hydrogen-bond acceptors (Lipinski definition) is 2. The van der Waals surface area contributed by atoms with E-state index in [-0.39, 0.29) is 0 Å². The van der Waals surface area contributed by atoms with Gasteiger partial charge in [0, 0.05) is 24.2 Å². The maximum atomic E-state index is 3.52. The zero-order chi connectivity index (χ0) is 12.7. The third-order valence-electron chi connectivity index (χ3n) is 5.77. The molecular weight excluding hydrogens is 220 g/mol. The summed E-state index contributed by atoms with van der Waals surface area (Å²) in [5.74, 6) is 1.89. The predicted molar refractivity (Wildman–Crippen MR) is 76.7 cm³/mol. The third-order valence-corrected chi connectivity index (χ3v) is 5.77. The van der Waals surface area contributed by atoms with Crippen LogP contribution in [-0.2, 0) is 0 Å². The van der Waals surface area contributed by atoms with Crippen LogP contribution in [0, 0.1) is 11.8 Å². The van der Waals surface area contributed by atoms with Gasteiger partial charge in [-0.2, -0.15) is 0 Å². The van der Waals surface area contributed by atoms with Gasteiger partial charge >= 0.3 is 0 Å². The molecule has 18 heavy (non-hydrogen) atoms. The Labute approximate surface area is 113 Å². The highest BCUT2D eigenvalue weighted by molar-refractivity contribution is 5.01. The fraction of sp³-hybridized carbons (Fsp3) is 1.00. The molecule has 2 bridgehead atoms. The molecule has 4 atom stereocenters. The van der Waals surface area contributed by atoms with Gasteiger partial charge in [0.1, 0.15) is 0 Å². The summed E-state index contributed by atoms with van der Waals surface area (Å²) in [6, 6.07) is 3.48. The minimum atomic E-state index is 0.789. The smallest absolute Gasteiger partial charge is 0.0116 e. The van der Waals surface area contributed by atoms with Gasteiger partial charge in [0.2, 0.25) is 0 Å². The molecule has 0 radical (unpaired) electrons. The van der Waals surface area contributed by atoms with Crippen molar-refractivity contribution in [2.45, 2.75) is 83.0 Å². The first-order chi connectivity index (χ1) is 8.67. The summed E-state index contributed by atoms with van der Waals surface area (Å²) < 4.78 is 0. The average molecular weight is 250 g/mol. The molecule has 0 amide bonds. The van der Waals surface area contributed by atoms with Gasteiger partial charge in [0.05, 0.1) is 0 Å². The maximum absolute atomic E-state index is 3.52. The molecule has 2 heteroatoms. The monoisotopic (exact) mass is 250 g/mol. The van der Waals surface area contributed by atoms with Crippen LogP contribution in [0.5, 0.6) is 0 Å². The standard InChI is InChI=1S/C16H30N2/c1-11-6-12(2)8-16(7-11)18-14-4-5-15(18)10-13(9-14)17-3/h11-17H,4-10H2,1-3H3. The van der Waals surface area contributed by atoms with E-state index in [2.05, 4.69) is 31.1 Å². The van der Waals surface area contributed by atoms with Crippen LogP contribution in [0.3, 0.4) is 0 Å². The largest absolute Gasteiger partial charge is 0.317 e. The van der Waals surface area contributed by atoms with Crippen LogP contribution in [-0.4, -0.2) is 36.1 Å². The zero-order valence-corrected chi connectivity index (χ0v) is 12.4. The normalized spacial score (nSPS) is 49.5. The predicted octanol–water partition coefficient (Wildman–Crippen LogP) is 3.03. The van der Waals surface area contributed by atoms with Crippen LogP contribution in [0.15, 0.2) is 0 Å². The van der Waals surface area contributed by atoms with Crippen molar-refractivity contribution >= 4 is 0 Å². The Hall–Kier alpha value is -0.0800. The number of fused-ring (bicyclic) bond motifs is 2. The quantitative estimate of drug-likeness (QED) is 0.810. The summed E-state index contributed by atoms with van der Waals surface area (Å²) in [6.07, 6.45) is 10.1. The number of nitrogens with one attached hydrogen (secondary N) is 1. The van der Waals surface area contributed by atoms with E-state index in [4.69, 9.17) is 0 Å². The minimum Gasteiger partial charge on any atom is -0.317 e. The lowest BCUT2D eigenvalue weighted by Crippen LogP contribution is -2.54. The SMILES string of the molecule is CNC1CC2CCC(C1)N2C1CC(C)CC(C)C1. The topological polar surface area (TPSA) is 15.3 Å². The highest BCUT2D eigenvalue weighted by Crippen LogP contribution is 2.42. The molecule has 3 fully saturated rings. The Morgan fingerprint density at radius 3 is 1.83 bits per heavy atom. The van der Waals surface area contributed by atoms with E-state index in [0.717, 1.165) is 36.0 Å². The van der Waals surface area contributed by atoms with Gasteiger partial charge in [-0.25, -0.2) is 0 Å². The Bertz CT molecular complexity index is 267. The van der Waals surface area contributed by atoms with Crippen molar-refractivity contribution in [1.29, 1.82) is 0 Å². The van der Waals surface area contributed by atoms with E-state index < -0.39 is 0 Å². The maximum Gasteiger partial charge on any atom is 0.0116 e.